The van der Waals surface area contributed by atoms with Crippen LogP contribution in [-0.4, -0.2) is 65.9 Å². The van der Waals surface area contributed by atoms with Gasteiger partial charge in [-0.05, 0) is 63.7 Å². The number of ether oxygens (including phenoxy) is 1. The molecule has 1 aliphatic heterocycles. The second kappa shape index (κ2) is 11.3. The highest BCUT2D eigenvalue weighted by Gasteiger charge is 2.56. The molecule has 0 bridgehead atoms. The fourth-order valence-corrected chi connectivity index (χ4v) is 4.57. The second-order valence-corrected chi connectivity index (χ2v) is 10.3. The molecular formula is C29H31FN6O4. The van der Waals surface area contributed by atoms with Crippen molar-refractivity contribution in [3.63, 3.8) is 0 Å². The fourth-order valence-electron chi connectivity index (χ4n) is 4.57. The summed E-state index contributed by atoms with van der Waals surface area (Å²) in [5.41, 5.74) is -0.690. The predicted molar refractivity (Wildman–Crippen MR) is 149 cm³/mol. The number of halogens is 1. The van der Waals surface area contributed by atoms with Crippen molar-refractivity contribution in [2.75, 3.05) is 43.1 Å². The molecule has 40 heavy (non-hydrogen) atoms. The first-order valence-corrected chi connectivity index (χ1v) is 13.1. The molecule has 4 amide bonds. The molecule has 10 nitrogen and oxygen atoms in total. The van der Waals surface area contributed by atoms with E-state index in [1.165, 1.54) is 18.3 Å². The number of benzene rings is 2. The first-order valence-electron chi connectivity index (χ1n) is 13.1. The van der Waals surface area contributed by atoms with Crippen molar-refractivity contribution in [1.29, 1.82) is 0 Å². The van der Waals surface area contributed by atoms with E-state index in [1.54, 1.807) is 41.3 Å². The molecule has 3 N–H and O–H groups in total. The third-order valence-electron chi connectivity index (χ3n) is 7.22. The molecule has 11 heteroatoms. The lowest BCUT2D eigenvalue weighted by Gasteiger charge is -2.20. The minimum Gasteiger partial charge on any atom is -0.457 e. The number of anilines is 3. The molecule has 3 aromatic rings. The Balaban J connectivity index is 1.18. The molecule has 0 spiro atoms. The van der Waals surface area contributed by atoms with Crippen LogP contribution in [0.1, 0.15) is 19.3 Å². The van der Waals surface area contributed by atoms with Crippen molar-refractivity contribution >= 4 is 35.0 Å². The van der Waals surface area contributed by atoms with Gasteiger partial charge in [-0.25, -0.2) is 14.2 Å². The van der Waals surface area contributed by atoms with Gasteiger partial charge in [-0.1, -0.05) is 18.2 Å². The highest BCUT2D eigenvalue weighted by atomic mass is 19.1. The smallest absolute Gasteiger partial charge is 0.323 e. The molecule has 2 fully saturated rings. The van der Waals surface area contributed by atoms with E-state index in [0.717, 1.165) is 12.5 Å². The average Bonchev–Trinajstić information content (AvgIpc) is 3.60. The van der Waals surface area contributed by atoms with Gasteiger partial charge in [-0.3, -0.25) is 14.9 Å². The number of amides is 4. The molecule has 5 rings (SSSR count). The molecule has 0 radical (unpaired) electrons. The molecular weight excluding hydrogens is 515 g/mol. The third-order valence-corrected chi connectivity index (χ3v) is 7.22. The van der Waals surface area contributed by atoms with E-state index < -0.39 is 23.0 Å². The number of carbonyl (C=O) groups is 3. The summed E-state index contributed by atoms with van der Waals surface area (Å²) in [6.45, 7) is 1.29. The zero-order valence-electron chi connectivity index (χ0n) is 22.3. The summed E-state index contributed by atoms with van der Waals surface area (Å²) in [6.07, 6.45) is 3.16. The van der Waals surface area contributed by atoms with E-state index in [9.17, 15) is 18.8 Å². The Hall–Kier alpha value is -4.51. The number of hydrogen-bond donors (Lipinski definition) is 3. The molecule has 2 aromatic carbocycles. The SMILES string of the molecule is CN(C)[C@@H]1CCN(C(=O)Nc2cc(Oc3ccc(NC(=O)C4(C(=O)Nc5ccccc5)CC4)c(F)c3)ccn2)C1. The Bertz CT molecular complexity index is 1410. The van der Waals surface area contributed by atoms with Crippen LogP contribution in [0.2, 0.25) is 0 Å². The largest absolute Gasteiger partial charge is 0.457 e. The van der Waals surface area contributed by atoms with Crippen LogP contribution < -0.4 is 20.7 Å². The Morgan fingerprint density at radius 3 is 2.38 bits per heavy atom. The molecule has 2 aliphatic rings. The lowest BCUT2D eigenvalue weighted by atomic mass is 10.0. The second-order valence-electron chi connectivity index (χ2n) is 10.3. The first kappa shape index (κ1) is 27.1. The Morgan fingerprint density at radius 2 is 1.70 bits per heavy atom. The number of pyridine rings is 1. The summed E-state index contributed by atoms with van der Waals surface area (Å²) in [5.74, 6) is -0.836. The number of hydrogen-bond acceptors (Lipinski definition) is 6. The quantitative estimate of drug-likeness (QED) is 0.358. The van der Waals surface area contributed by atoms with E-state index in [4.69, 9.17) is 4.74 Å². The lowest BCUT2D eigenvalue weighted by molar-refractivity contribution is -0.131. The standard InChI is InChI=1S/C29H31FN6O4/c1-35(2)20-11-15-36(18-20)28(39)34-25-17-22(10-14-31-25)40-21-8-9-24(23(30)16-21)33-27(38)29(12-13-29)26(37)32-19-6-4-3-5-7-19/h3-10,14,16-17,20H,11-13,15,18H2,1-2H3,(H,32,37)(H,33,38)(H,31,34,39)/t20-/m1/s1. The number of nitrogens with zero attached hydrogens (tertiary/aromatic N) is 3. The summed E-state index contributed by atoms with van der Waals surface area (Å²) < 4.78 is 20.7. The highest BCUT2D eigenvalue weighted by Crippen LogP contribution is 2.47. The summed E-state index contributed by atoms with van der Waals surface area (Å²) in [7, 11) is 3.99. The summed E-state index contributed by atoms with van der Waals surface area (Å²) in [5, 5.41) is 8.07. The topological polar surface area (TPSA) is 116 Å². The summed E-state index contributed by atoms with van der Waals surface area (Å²) in [4.78, 5) is 46.3. The van der Waals surface area contributed by atoms with Crippen LogP contribution in [0.5, 0.6) is 11.5 Å². The molecule has 1 atom stereocenters. The van der Waals surface area contributed by atoms with Gasteiger partial charge in [0.1, 0.15) is 28.5 Å². The first-order chi connectivity index (χ1) is 19.2. The van der Waals surface area contributed by atoms with Gasteiger partial charge < -0.3 is 25.2 Å². The van der Waals surface area contributed by atoms with Gasteiger partial charge in [-0.15, -0.1) is 0 Å². The van der Waals surface area contributed by atoms with Gasteiger partial charge in [0.05, 0.1) is 5.69 Å². The fraction of sp³-hybridized carbons (Fsp3) is 0.310. The molecule has 1 aromatic heterocycles. The number of nitrogens with one attached hydrogen (secondary N) is 3. The Morgan fingerprint density at radius 1 is 0.975 bits per heavy atom. The van der Waals surface area contributed by atoms with Crippen molar-refractivity contribution < 1.29 is 23.5 Å². The molecule has 1 saturated carbocycles. The minimum absolute atomic E-state index is 0.0551. The van der Waals surface area contributed by atoms with Crippen LogP contribution in [0.4, 0.5) is 26.4 Å². The van der Waals surface area contributed by atoms with E-state index in [2.05, 4.69) is 25.8 Å². The zero-order chi connectivity index (χ0) is 28.3. The van der Waals surface area contributed by atoms with Crippen molar-refractivity contribution in [3.8, 4) is 11.5 Å². The van der Waals surface area contributed by atoms with E-state index in [1.807, 2.05) is 20.2 Å². The van der Waals surface area contributed by atoms with E-state index in [-0.39, 0.29) is 17.5 Å². The van der Waals surface area contributed by atoms with E-state index >= 15 is 0 Å². The van der Waals surface area contributed by atoms with Gasteiger partial charge in [-0.2, -0.15) is 0 Å². The number of para-hydroxylation sites is 1. The van der Waals surface area contributed by atoms with Crippen LogP contribution in [0.3, 0.4) is 0 Å². The number of likely N-dealkylation sites (tertiary alicyclic amines) is 1. The molecule has 208 valence electrons. The van der Waals surface area contributed by atoms with Gasteiger partial charge in [0.25, 0.3) is 0 Å². The van der Waals surface area contributed by atoms with Crippen molar-refractivity contribution in [3.05, 3.63) is 72.7 Å². The lowest BCUT2D eigenvalue weighted by Crippen LogP contribution is -2.37. The third kappa shape index (κ3) is 6.04. The van der Waals surface area contributed by atoms with Crippen LogP contribution in [0.25, 0.3) is 0 Å². The number of carbonyl (C=O) groups excluding carboxylic acids is 3. The monoisotopic (exact) mass is 546 g/mol. The average molecular weight is 547 g/mol. The van der Waals surface area contributed by atoms with Gasteiger partial charge in [0.2, 0.25) is 11.8 Å². The zero-order valence-corrected chi connectivity index (χ0v) is 22.3. The maximum absolute atomic E-state index is 14.9. The van der Waals surface area contributed by atoms with Gasteiger partial charge >= 0.3 is 6.03 Å². The van der Waals surface area contributed by atoms with E-state index in [0.29, 0.717) is 49.2 Å². The van der Waals surface area contributed by atoms with Gasteiger partial charge in [0.15, 0.2) is 0 Å². The number of urea groups is 1. The molecule has 1 saturated heterocycles. The minimum atomic E-state index is -1.22. The number of aromatic nitrogens is 1. The van der Waals surface area contributed by atoms with Gasteiger partial charge in [0, 0.05) is 43.1 Å². The maximum Gasteiger partial charge on any atom is 0.323 e. The van der Waals surface area contributed by atoms with Crippen molar-refractivity contribution in [1.82, 2.24) is 14.8 Å². The highest BCUT2D eigenvalue weighted by molar-refractivity contribution is 6.16. The Labute approximate surface area is 231 Å². The van der Waals surface area contributed by atoms with Crippen molar-refractivity contribution in [2.45, 2.75) is 25.3 Å². The number of rotatable bonds is 8. The molecule has 1 aliphatic carbocycles. The molecule has 0 unspecified atom stereocenters. The molecule has 2 heterocycles. The summed E-state index contributed by atoms with van der Waals surface area (Å²) in [6, 6.07) is 16.1. The maximum atomic E-state index is 14.9. The normalized spacial score (nSPS) is 17.3. The van der Waals surface area contributed by atoms with Crippen LogP contribution in [0.15, 0.2) is 66.9 Å². The van der Waals surface area contributed by atoms with Crippen molar-refractivity contribution in [2.24, 2.45) is 5.41 Å². The van der Waals surface area contributed by atoms with Crippen LogP contribution >= 0.6 is 0 Å². The Kier molecular flexibility index (Phi) is 7.65. The number of likely N-dealkylation sites (N-methyl/N-ethyl adjacent to an activating group) is 1. The summed E-state index contributed by atoms with van der Waals surface area (Å²) >= 11 is 0. The van der Waals surface area contributed by atoms with Crippen LogP contribution in [0, 0.1) is 11.2 Å². The van der Waals surface area contributed by atoms with Crippen LogP contribution in [-0.2, 0) is 9.59 Å². The predicted octanol–water partition coefficient (Wildman–Crippen LogP) is 4.54.